The number of anilines is 1. The van der Waals surface area contributed by atoms with Crippen LogP contribution in [0, 0.1) is 0 Å². The molecule has 0 atom stereocenters. The molecule has 0 saturated carbocycles. The molecule has 0 fully saturated rings. The Labute approximate surface area is 140 Å². The molecule has 0 saturated heterocycles. The summed E-state index contributed by atoms with van der Waals surface area (Å²) in [5.74, 6) is -0.316. The van der Waals surface area contributed by atoms with Crippen LogP contribution in [0.1, 0.15) is 10.4 Å². The fourth-order valence-corrected chi connectivity index (χ4v) is 2.68. The summed E-state index contributed by atoms with van der Waals surface area (Å²) in [6, 6.07) is 5.13. The van der Waals surface area contributed by atoms with E-state index < -0.39 is 11.5 Å². The standard InChI is InChI=1S/C16H12N4O5/c1-24-16(23)10-6-20(5-9-14(10)18-19-15(9)22)8-2-3-12-11(4-8)17-13(21)7-25-12/h2-6H,7H2,1H3,(H,17,21)(H,19,22). The molecule has 0 unspecified atom stereocenters. The van der Waals surface area contributed by atoms with Gasteiger partial charge in [-0.1, -0.05) is 0 Å². The number of carbonyl (C=O) groups excluding carboxylic acids is 2. The van der Waals surface area contributed by atoms with Crippen LogP contribution in [0.4, 0.5) is 5.69 Å². The normalized spacial score (nSPS) is 13.1. The van der Waals surface area contributed by atoms with Crippen LogP contribution in [0.3, 0.4) is 0 Å². The van der Waals surface area contributed by atoms with Crippen LogP contribution in [-0.4, -0.2) is 40.4 Å². The highest BCUT2D eigenvalue weighted by atomic mass is 16.5. The van der Waals surface area contributed by atoms with Gasteiger partial charge in [0.15, 0.2) is 6.61 Å². The van der Waals surface area contributed by atoms with E-state index >= 15 is 0 Å². The minimum absolute atomic E-state index is 0.0352. The van der Waals surface area contributed by atoms with Crippen molar-refractivity contribution in [1.82, 2.24) is 14.8 Å². The third-order valence-corrected chi connectivity index (χ3v) is 3.86. The predicted octanol–water partition coefficient (Wildman–Crippen LogP) is 0.783. The second kappa shape index (κ2) is 5.48. The zero-order valence-corrected chi connectivity index (χ0v) is 13.0. The topological polar surface area (TPSA) is 115 Å². The molecule has 9 heteroatoms. The van der Waals surface area contributed by atoms with Crippen molar-refractivity contribution < 1.29 is 19.1 Å². The van der Waals surface area contributed by atoms with Crippen molar-refractivity contribution in [2.24, 2.45) is 0 Å². The highest BCUT2D eigenvalue weighted by Gasteiger charge is 2.23. The van der Waals surface area contributed by atoms with E-state index in [9.17, 15) is 14.4 Å². The predicted molar refractivity (Wildman–Crippen MR) is 86.3 cm³/mol. The monoisotopic (exact) mass is 340 g/mol. The van der Waals surface area contributed by atoms with Gasteiger partial charge in [-0.05, 0) is 18.2 Å². The number of nitrogens with one attached hydrogen (secondary N) is 2. The SMILES string of the molecule is COC(=O)c1cn(-c2ccc3c(c2)NC(=O)CO3)cc2c(=O)[nH]nc1-2. The molecule has 9 nitrogen and oxygen atoms in total. The number of hydrogen-bond acceptors (Lipinski definition) is 6. The molecule has 2 N–H and O–H groups in total. The molecule has 0 radical (unpaired) electrons. The van der Waals surface area contributed by atoms with E-state index in [1.807, 2.05) is 0 Å². The van der Waals surface area contributed by atoms with Gasteiger partial charge in [0.25, 0.3) is 11.5 Å². The van der Waals surface area contributed by atoms with Crippen molar-refractivity contribution in [3.05, 3.63) is 46.5 Å². The van der Waals surface area contributed by atoms with Gasteiger partial charge < -0.3 is 19.4 Å². The average Bonchev–Trinajstić information content (AvgIpc) is 3.00. The number of hydrogen-bond donors (Lipinski definition) is 2. The number of fused-ring (bicyclic) bond motifs is 2. The molecule has 4 rings (SSSR count). The van der Waals surface area contributed by atoms with E-state index in [1.165, 1.54) is 13.3 Å². The van der Waals surface area contributed by atoms with Crippen molar-refractivity contribution in [2.45, 2.75) is 0 Å². The summed E-state index contributed by atoms with van der Waals surface area (Å²) in [7, 11) is 1.25. The number of esters is 1. The lowest BCUT2D eigenvalue weighted by atomic mass is 10.1. The first-order valence-corrected chi connectivity index (χ1v) is 7.32. The molecular formula is C16H12N4O5. The molecule has 3 aliphatic heterocycles. The van der Waals surface area contributed by atoms with Crippen molar-refractivity contribution in [3.63, 3.8) is 0 Å². The number of nitrogens with zero attached hydrogens (tertiary/aromatic N) is 2. The van der Waals surface area contributed by atoms with E-state index in [0.29, 0.717) is 17.1 Å². The number of ether oxygens (including phenoxy) is 2. The Kier molecular flexibility index (Phi) is 3.27. The van der Waals surface area contributed by atoms with Gasteiger partial charge in [-0.3, -0.25) is 9.59 Å². The second-order valence-electron chi connectivity index (χ2n) is 5.40. The Bertz CT molecular complexity index is 1040. The minimum Gasteiger partial charge on any atom is -0.482 e. The molecule has 0 bridgehead atoms. The fraction of sp³-hybridized carbons (Fsp3) is 0.125. The molecule has 3 heterocycles. The third-order valence-electron chi connectivity index (χ3n) is 3.86. The zero-order chi connectivity index (χ0) is 17.6. The largest absolute Gasteiger partial charge is 0.482 e. The quantitative estimate of drug-likeness (QED) is 0.666. The van der Waals surface area contributed by atoms with Gasteiger partial charge in [-0.25, -0.2) is 9.89 Å². The Morgan fingerprint density at radius 3 is 2.96 bits per heavy atom. The van der Waals surface area contributed by atoms with E-state index in [4.69, 9.17) is 9.47 Å². The number of aromatic amines is 1. The molecule has 126 valence electrons. The number of aromatic nitrogens is 3. The van der Waals surface area contributed by atoms with Crippen LogP contribution in [-0.2, 0) is 9.53 Å². The van der Waals surface area contributed by atoms with E-state index in [-0.39, 0.29) is 29.3 Å². The Balaban J connectivity index is 1.89. The molecular weight excluding hydrogens is 328 g/mol. The number of H-pyrrole nitrogens is 1. The number of pyridine rings is 1. The third kappa shape index (κ3) is 2.42. The van der Waals surface area contributed by atoms with Crippen LogP contribution in [0.25, 0.3) is 16.9 Å². The first kappa shape index (κ1) is 14.9. The van der Waals surface area contributed by atoms with Crippen LogP contribution >= 0.6 is 0 Å². The van der Waals surface area contributed by atoms with Gasteiger partial charge in [0.1, 0.15) is 17.0 Å². The summed E-state index contributed by atoms with van der Waals surface area (Å²) in [6.45, 7) is -0.0352. The number of rotatable bonds is 2. The van der Waals surface area contributed by atoms with Crippen LogP contribution < -0.4 is 15.6 Å². The molecule has 0 aliphatic carbocycles. The maximum atomic E-state index is 12.0. The summed E-state index contributed by atoms with van der Waals surface area (Å²) in [4.78, 5) is 35.5. The Morgan fingerprint density at radius 2 is 2.16 bits per heavy atom. The molecule has 25 heavy (non-hydrogen) atoms. The maximum Gasteiger partial charge on any atom is 0.341 e. The van der Waals surface area contributed by atoms with E-state index in [2.05, 4.69) is 15.5 Å². The summed E-state index contributed by atoms with van der Waals surface area (Å²) in [5, 5.41) is 8.91. The zero-order valence-electron chi connectivity index (χ0n) is 13.0. The minimum atomic E-state index is -0.611. The van der Waals surface area contributed by atoms with Crippen molar-refractivity contribution in [2.75, 3.05) is 19.0 Å². The molecule has 1 amide bonds. The lowest BCUT2D eigenvalue weighted by molar-refractivity contribution is -0.118. The van der Waals surface area contributed by atoms with Crippen LogP contribution in [0.5, 0.6) is 5.75 Å². The van der Waals surface area contributed by atoms with Crippen LogP contribution in [0.15, 0.2) is 35.4 Å². The van der Waals surface area contributed by atoms with Gasteiger partial charge >= 0.3 is 5.97 Å². The maximum absolute atomic E-state index is 12.0. The molecule has 0 aromatic heterocycles. The highest BCUT2D eigenvalue weighted by molar-refractivity contribution is 5.97. The Morgan fingerprint density at radius 1 is 1.32 bits per heavy atom. The molecule has 1 aromatic carbocycles. The lowest BCUT2D eigenvalue weighted by Gasteiger charge is -2.19. The first-order chi connectivity index (χ1) is 12.1. The van der Waals surface area contributed by atoms with Gasteiger partial charge in [0.05, 0.1) is 18.4 Å². The molecule has 3 aliphatic rings. The smallest absolute Gasteiger partial charge is 0.341 e. The lowest BCUT2D eigenvalue weighted by Crippen LogP contribution is -2.25. The summed E-state index contributed by atoms with van der Waals surface area (Å²) in [6.07, 6.45) is 3.07. The summed E-state index contributed by atoms with van der Waals surface area (Å²) < 4.78 is 11.7. The molecule has 1 aromatic rings. The molecule has 0 spiro atoms. The van der Waals surface area contributed by atoms with Gasteiger partial charge in [-0.15, -0.1) is 0 Å². The van der Waals surface area contributed by atoms with E-state index in [1.54, 1.807) is 29.0 Å². The van der Waals surface area contributed by atoms with Gasteiger partial charge in [0.2, 0.25) is 0 Å². The first-order valence-electron chi connectivity index (χ1n) is 7.32. The van der Waals surface area contributed by atoms with Crippen molar-refractivity contribution >= 4 is 17.6 Å². The van der Waals surface area contributed by atoms with Crippen molar-refractivity contribution in [3.8, 4) is 22.7 Å². The average molecular weight is 340 g/mol. The summed E-state index contributed by atoms with van der Waals surface area (Å²) >= 11 is 0. The summed E-state index contributed by atoms with van der Waals surface area (Å²) in [5.41, 5.74) is 1.36. The number of methoxy groups -OCH3 is 1. The number of carbonyl (C=O) groups is 2. The highest BCUT2D eigenvalue weighted by Crippen LogP contribution is 2.31. The van der Waals surface area contributed by atoms with Crippen molar-refractivity contribution in [1.29, 1.82) is 0 Å². The second-order valence-corrected chi connectivity index (χ2v) is 5.40. The van der Waals surface area contributed by atoms with E-state index in [0.717, 1.165) is 0 Å². The number of benzene rings is 1. The Hall–Kier alpha value is -3.62. The van der Waals surface area contributed by atoms with Gasteiger partial charge in [-0.2, -0.15) is 5.10 Å². The van der Waals surface area contributed by atoms with Gasteiger partial charge in [0, 0.05) is 18.1 Å². The number of amides is 1. The fourth-order valence-electron chi connectivity index (χ4n) is 2.68. The van der Waals surface area contributed by atoms with Crippen LogP contribution in [0.2, 0.25) is 0 Å².